The number of pyridine rings is 2. The molecule has 0 radical (unpaired) electrons. The van der Waals surface area contributed by atoms with Crippen molar-refractivity contribution in [2.75, 3.05) is 7.05 Å². The molecule has 0 amide bonds. The number of hydrogen-bond acceptors (Lipinski definition) is 5. The fourth-order valence-electron chi connectivity index (χ4n) is 3.74. The Labute approximate surface area is 180 Å². The van der Waals surface area contributed by atoms with E-state index in [1.807, 2.05) is 56.8 Å². The van der Waals surface area contributed by atoms with Gasteiger partial charge in [-0.3, -0.25) is 4.98 Å². The second-order valence-corrected chi connectivity index (χ2v) is 7.49. The maximum absolute atomic E-state index is 4.89. The molecule has 0 spiro atoms. The van der Waals surface area contributed by atoms with Gasteiger partial charge in [-0.1, -0.05) is 24.3 Å². The Hall–Kier alpha value is -3.90. The van der Waals surface area contributed by atoms with Gasteiger partial charge in [-0.25, -0.2) is 15.0 Å². The third-order valence-corrected chi connectivity index (χ3v) is 5.19. The van der Waals surface area contributed by atoms with Crippen LogP contribution in [0.4, 0.5) is 0 Å². The molecule has 6 nitrogen and oxygen atoms in total. The third kappa shape index (κ3) is 3.81. The Morgan fingerprint density at radius 1 is 0.871 bits per heavy atom. The van der Waals surface area contributed by atoms with Crippen LogP contribution >= 0.6 is 0 Å². The first-order chi connectivity index (χ1) is 15.2. The quantitative estimate of drug-likeness (QED) is 0.439. The molecular formula is C25H22N6. The van der Waals surface area contributed by atoms with Crippen LogP contribution in [0.3, 0.4) is 0 Å². The highest BCUT2D eigenvalue weighted by Crippen LogP contribution is 2.30. The lowest BCUT2D eigenvalue weighted by Crippen LogP contribution is -2.04. The minimum Gasteiger partial charge on any atom is -0.346 e. The van der Waals surface area contributed by atoms with E-state index in [0.29, 0.717) is 5.82 Å². The van der Waals surface area contributed by atoms with Crippen molar-refractivity contribution in [3.63, 3.8) is 0 Å². The van der Waals surface area contributed by atoms with Crippen LogP contribution in [0, 0.1) is 6.92 Å². The van der Waals surface area contributed by atoms with Crippen molar-refractivity contribution in [3.8, 4) is 33.9 Å². The van der Waals surface area contributed by atoms with Crippen LogP contribution in [0.5, 0.6) is 0 Å². The minimum atomic E-state index is 0.593. The predicted molar refractivity (Wildman–Crippen MR) is 123 cm³/mol. The number of benzene rings is 1. The lowest BCUT2D eigenvalue weighted by atomic mass is 10.0. The first-order valence-corrected chi connectivity index (χ1v) is 10.2. The molecule has 1 aromatic carbocycles. The molecule has 0 saturated heterocycles. The Kier molecular flexibility index (Phi) is 4.98. The van der Waals surface area contributed by atoms with Gasteiger partial charge in [0.15, 0.2) is 5.82 Å². The van der Waals surface area contributed by atoms with Crippen molar-refractivity contribution in [2.24, 2.45) is 0 Å². The smallest absolute Gasteiger partial charge is 0.180 e. The maximum Gasteiger partial charge on any atom is 0.180 e. The number of aromatic nitrogens is 5. The third-order valence-electron chi connectivity index (χ3n) is 5.19. The molecule has 0 fully saturated rings. The minimum absolute atomic E-state index is 0.593. The van der Waals surface area contributed by atoms with E-state index in [1.54, 1.807) is 0 Å². The highest BCUT2D eigenvalue weighted by molar-refractivity contribution is 5.92. The van der Waals surface area contributed by atoms with Crippen LogP contribution in [0.25, 0.3) is 44.9 Å². The fourth-order valence-corrected chi connectivity index (χ4v) is 3.74. The van der Waals surface area contributed by atoms with Crippen LogP contribution in [-0.4, -0.2) is 32.0 Å². The van der Waals surface area contributed by atoms with Crippen LogP contribution in [0.15, 0.2) is 73.2 Å². The molecule has 0 aliphatic rings. The molecule has 5 rings (SSSR count). The van der Waals surface area contributed by atoms with Gasteiger partial charge in [0.25, 0.3) is 0 Å². The molecule has 2 N–H and O–H groups in total. The van der Waals surface area contributed by atoms with Gasteiger partial charge in [-0.05, 0) is 55.4 Å². The van der Waals surface area contributed by atoms with Crippen molar-refractivity contribution in [2.45, 2.75) is 13.5 Å². The SMILES string of the molecule is CNCc1cccc(-c2cncc(-c3nc(-c4cccc(C)n4)nc4[nH]ccc34)c2)c1. The van der Waals surface area contributed by atoms with Crippen molar-refractivity contribution in [1.82, 2.24) is 30.2 Å². The molecule has 5 aromatic rings. The Bertz CT molecular complexity index is 1370. The number of hydrogen-bond donors (Lipinski definition) is 2. The van der Waals surface area contributed by atoms with E-state index < -0.39 is 0 Å². The summed E-state index contributed by atoms with van der Waals surface area (Å²) in [5.41, 5.74) is 7.65. The number of aryl methyl sites for hydroxylation is 1. The number of nitrogens with zero attached hydrogens (tertiary/aromatic N) is 4. The molecule has 0 saturated carbocycles. The lowest BCUT2D eigenvalue weighted by Gasteiger charge is -2.09. The Balaban J connectivity index is 1.64. The average Bonchev–Trinajstić information content (AvgIpc) is 3.28. The summed E-state index contributed by atoms with van der Waals surface area (Å²) in [5.74, 6) is 0.593. The van der Waals surface area contributed by atoms with Gasteiger partial charge in [0.05, 0.1) is 5.69 Å². The standard InChI is InChI=1S/C25H22N6/c1-16-5-3-8-22(29-16)25-30-23(21-9-10-28-24(21)31-25)20-12-19(14-27-15-20)18-7-4-6-17(11-18)13-26-2/h3-12,14-15,26H,13H2,1-2H3,(H,28,30,31). The molecule has 0 unspecified atom stereocenters. The van der Waals surface area contributed by atoms with E-state index in [-0.39, 0.29) is 0 Å². The molecular weight excluding hydrogens is 384 g/mol. The monoisotopic (exact) mass is 406 g/mol. The zero-order valence-corrected chi connectivity index (χ0v) is 17.4. The summed E-state index contributed by atoms with van der Waals surface area (Å²) in [5, 5.41) is 4.16. The molecule has 31 heavy (non-hydrogen) atoms. The van der Waals surface area contributed by atoms with Gasteiger partial charge >= 0.3 is 0 Å². The predicted octanol–water partition coefficient (Wildman–Crippen LogP) is 4.78. The van der Waals surface area contributed by atoms with Crippen LogP contribution in [0.2, 0.25) is 0 Å². The van der Waals surface area contributed by atoms with E-state index in [2.05, 4.69) is 55.6 Å². The summed E-state index contributed by atoms with van der Waals surface area (Å²) in [4.78, 5) is 21.9. The summed E-state index contributed by atoms with van der Waals surface area (Å²) in [7, 11) is 1.95. The summed E-state index contributed by atoms with van der Waals surface area (Å²) in [6.45, 7) is 2.79. The van der Waals surface area contributed by atoms with E-state index in [4.69, 9.17) is 4.98 Å². The second-order valence-electron chi connectivity index (χ2n) is 7.49. The number of fused-ring (bicyclic) bond motifs is 1. The number of H-pyrrole nitrogens is 1. The van der Waals surface area contributed by atoms with Gasteiger partial charge in [0.2, 0.25) is 0 Å². The van der Waals surface area contributed by atoms with Gasteiger partial charge in [-0.2, -0.15) is 0 Å². The second kappa shape index (κ2) is 8.08. The van der Waals surface area contributed by atoms with Crippen molar-refractivity contribution in [3.05, 3.63) is 84.4 Å². The van der Waals surface area contributed by atoms with Crippen molar-refractivity contribution < 1.29 is 0 Å². The van der Waals surface area contributed by atoms with Gasteiger partial charge < -0.3 is 10.3 Å². The molecule has 0 aliphatic carbocycles. The van der Waals surface area contributed by atoms with E-state index >= 15 is 0 Å². The zero-order valence-electron chi connectivity index (χ0n) is 17.4. The molecule has 0 aliphatic heterocycles. The Morgan fingerprint density at radius 3 is 2.61 bits per heavy atom. The molecule has 152 valence electrons. The first kappa shape index (κ1) is 19.1. The van der Waals surface area contributed by atoms with Crippen molar-refractivity contribution in [1.29, 1.82) is 0 Å². The van der Waals surface area contributed by atoms with Crippen LogP contribution in [-0.2, 0) is 6.54 Å². The van der Waals surface area contributed by atoms with Crippen molar-refractivity contribution >= 4 is 11.0 Å². The fraction of sp³-hybridized carbons (Fsp3) is 0.120. The Morgan fingerprint density at radius 2 is 1.74 bits per heavy atom. The molecule has 6 heteroatoms. The number of rotatable bonds is 5. The zero-order chi connectivity index (χ0) is 21.2. The first-order valence-electron chi connectivity index (χ1n) is 10.2. The number of nitrogens with one attached hydrogen (secondary N) is 2. The summed E-state index contributed by atoms with van der Waals surface area (Å²) < 4.78 is 0. The summed E-state index contributed by atoms with van der Waals surface area (Å²) in [6.07, 6.45) is 5.62. The molecule has 0 atom stereocenters. The topological polar surface area (TPSA) is 79.4 Å². The highest BCUT2D eigenvalue weighted by atomic mass is 15.0. The van der Waals surface area contributed by atoms with E-state index in [9.17, 15) is 0 Å². The van der Waals surface area contributed by atoms with Crippen LogP contribution in [0.1, 0.15) is 11.3 Å². The number of aromatic amines is 1. The van der Waals surface area contributed by atoms with Crippen LogP contribution < -0.4 is 5.32 Å². The maximum atomic E-state index is 4.89. The summed E-state index contributed by atoms with van der Waals surface area (Å²) in [6, 6.07) is 18.5. The highest BCUT2D eigenvalue weighted by Gasteiger charge is 2.14. The lowest BCUT2D eigenvalue weighted by molar-refractivity contribution is 0.818. The normalized spacial score (nSPS) is 11.2. The van der Waals surface area contributed by atoms with Gasteiger partial charge in [0, 0.05) is 47.3 Å². The van der Waals surface area contributed by atoms with E-state index in [0.717, 1.165) is 51.4 Å². The van der Waals surface area contributed by atoms with E-state index in [1.165, 1.54) is 5.56 Å². The molecule has 0 bridgehead atoms. The largest absolute Gasteiger partial charge is 0.346 e. The average molecular weight is 406 g/mol. The summed E-state index contributed by atoms with van der Waals surface area (Å²) >= 11 is 0. The molecule has 4 heterocycles. The molecule has 4 aromatic heterocycles. The van der Waals surface area contributed by atoms with Gasteiger partial charge in [-0.15, -0.1) is 0 Å². The van der Waals surface area contributed by atoms with Gasteiger partial charge in [0.1, 0.15) is 11.3 Å².